The van der Waals surface area contributed by atoms with Crippen molar-refractivity contribution in [1.29, 1.82) is 0 Å². The highest BCUT2D eigenvalue weighted by molar-refractivity contribution is 7.18. The second-order valence-corrected chi connectivity index (χ2v) is 7.11. The lowest BCUT2D eigenvalue weighted by Crippen LogP contribution is -2.43. The van der Waals surface area contributed by atoms with Gasteiger partial charge in [0.1, 0.15) is 10.6 Å². The molecule has 3 rings (SSSR count). The molecular weight excluding hydrogens is 282 g/mol. The number of fused-ring (bicyclic) bond motifs is 1. The Hall–Kier alpha value is -1.40. The quantitative estimate of drug-likeness (QED) is 0.912. The molecule has 0 aromatic carbocycles. The van der Waals surface area contributed by atoms with Gasteiger partial charge in [0.05, 0.1) is 5.39 Å². The third kappa shape index (κ3) is 2.96. The number of nitrogens with zero attached hydrogens (tertiary/aromatic N) is 3. The normalized spacial score (nSPS) is 23.6. The van der Waals surface area contributed by atoms with Gasteiger partial charge in [-0.15, -0.1) is 11.3 Å². The molecule has 0 radical (unpaired) electrons. The zero-order valence-corrected chi connectivity index (χ0v) is 13.7. The molecule has 3 N–H and O–H groups in total. The molecule has 114 valence electrons. The number of nitrogen functional groups attached to an aromatic ring is 1. The summed E-state index contributed by atoms with van der Waals surface area (Å²) in [5.74, 6) is 1.85. The molecule has 5 nitrogen and oxygen atoms in total. The molecule has 2 atom stereocenters. The number of aromatic nitrogens is 2. The zero-order valence-electron chi connectivity index (χ0n) is 12.9. The van der Waals surface area contributed by atoms with E-state index >= 15 is 0 Å². The number of piperidine rings is 1. The van der Waals surface area contributed by atoms with Gasteiger partial charge >= 0.3 is 0 Å². The Balaban J connectivity index is 1.90. The minimum absolute atomic E-state index is 0.357. The molecule has 2 aromatic rings. The van der Waals surface area contributed by atoms with Gasteiger partial charge in [-0.2, -0.15) is 4.98 Å². The molecule has 1 saturated heterocycles. The monoisotopic (exact) mass is 305 g/mol. The molecule has 0 saturated carbocycles. The van der Waals surface area contributed by atoms with Crippen LogP contribution in [0.1, 0.15) is 25.1 Å². The van der Waals surface area contributed by atoms with E-state index in [1.54, 1.807) is 11.3 Å². The number of nitrogens with two attached hydrogens (primary N) is 1. The number of nitrogens with one attached hydrogen (secondary N) is 1. The molecule has 0 amide bonds. The van der Waals surface area contributed by atoms with Crippen molar-refractivity contribution in [2.24, 2.45) is 5.92 Å². The van der Waals surface area contributed by atoms with Gasteiger partial charge in [-0.1, -0.05) is 13.8 Å². The molecule has 21 heavy (non-hydrogen) atoms. The molecule has 2 aromatic heterocycles. The SMILES string of the molecule is CCc1cc2c(NC3CCN(C)CC3C)nc(N)nc2s1. The van der Waals surface area contributed by atoms with Crippen LogP contribution in [-0.2, 0) is 6.42 Å². The molecule has 0 aliphatic carbocycles. The predicted molar refractivity (Wildman–Crippen MR) is 89.9 cm³/mol. The fourth-order valence-corrected chi connectivity index (χ4v) is 3.99. The summed E-state index contributed by atoms with van der Waals surface area (Å²) in [5, 5.41) is 4.73. The van der Waals surface area contributed by atoms with Crippen molar-refractivity contribution >= 4 is 33.3 Å². The predicted octanol–water partition coefficient (Wildman–Crippen LogP) is 2.59. The molecule has 1 aliphatic rings. The van der Waals surface area contributed by atoms with Crippen LogP contribution in [0.25, 0.3) is 10.2 Å². The summed E-state index contributed by atoms with van der Waals surface area (Å²) in [6, 6.07) is 2.64. The van der Waals surface area contributed by atoms with E-state index < -0.39 is 0 Å². The van der Waals surface area contributed by atoms with Crippen molar-refractivity contribution in [3.05, 3.63) is 10.9 Å². The molecule has 0 bridgehead atoms. The third-order valence-corrected chi connectivity index (χ3v) is 5.41. The van der Waals surface area contributed by atoms with Crippen LogP contribution in [0.15, 0.2) is 6.07 Å². The molecule has 1 fully saturated rings. The number of hydrogen-bond acceptors (Lipinski definition) is 6. The van der Waals surface area contributed by atoms with E-state index in [1.165, 1.54) is 4.88 Å². The van der Waals surface area contributed by atoms with Gasteiger partial charge in [-0.05, 0) is 38.4 Å². The number of hydrogen-bond donors (Lipinski definition) is 2. The average Bonchev–Trinajstić information content (AvgIpc) is 2.85. The third-order valence-electron chi connectivity index (χ3n) is 4.24. The van der Waals surface area contributed by atoms with Crippen molar-refractivity contribution in [2.75, 3.05) is 31.2 Å². The van der Waals surface area contributed by atoms with Crippen molar-refractivity contribution in [1.82, 2.24) is 14.9 Å². The minimum atomic E-state index is 0.357. The standard InChI is InChI=1S/C15H23N5S/c1-4-10-7-11-13(18-15(16)19-14(11)21-10)17-12-5-6-20(3)8-9(12)2/h7,9,12H,4-6,8H2,1-3H3,(H3,16,17,18,19). The molecular formula is C15H23N5S. The zero-order chi connectivity index (χ0) is 15.0. The number of rotatable bonds is 3. The molecule has 2 unspecified atom stereocenters. The van der Waals surface area contributed by atoms with Gasteiger partial charge in [0.25, 0.3) is 0 Å². The lowest BCUT2D eigenvalue weighted by molar-refractivity contribution is 0.206. The maximum Gasteiger partial charge on any atom is 0.223 e. The summed E-state index contributed by atoms with van der Waals surface area (Å²) in [6.45, 7) is 6.69. The van der Waals surface area contributed by atoms with E-state index in [0.29, 0.717) is 17.9 Å². The van der Waals surface area contributed by atoms with Crippen molar-refractivity contribution in [3.63, 3.8) is 0 Å². The van der Waals surface area contributed by atoms with Crippen LogP contribution < -0.4 is 11.1 Å². The summed E-state index contributed by atoms with van der Waals surface area (Å²) in [4.78, 5) is 13.5. The summed E-state index contributed by atoms with van der Waals surface area (Å²) >= 11 is 1.71. The van der Waals surface area contributed by atoms with Crippen molar-refractivity contribution in [3.8, 4) is 0 Å². The van der Waals surface area contributed by atoms with E-state index in [4.69, 9.17) is 5.73 Å². The van der Waals surface area contributed by atoms with Crippen LogP contribution in [0, 0.1) is 5.92 Å². The Bertz CT molecular complexity index is 638. The van der Waals surface area contributed by atoms with Crippen molar-refractivity contribution < 1.29 is 0 Å². The van der Waals surface area contributed by atoms with E-state index in [0.717, 1.165) is 42.0 Å². The Morgan fingerprint density at radius 2 is 2.29 bits per heavy atom. The van der Waals surface area contributed by atoms with Gasteiger partial charge < -0.3 is 16.0 Å². The van der Waals surface area contributed by atoms with Crippen molar-refractivity contribution in [2.45, 2.75) is 32.7 Å². The first-order chi connectivity index (χ1) is 10.1. The lowest BCUT2D eigenvalue weighted by atomic mass is 9.94. The van der Waals surface area contributed by atoms with Gasteiger partial charge in [0.15, 0.2) is 0 Å². The molecule has 3 heterocycles. The Kier molecular flexibility index (Phi) is 3.99. The van der Waals surface area contributed by atoms with Crippen LogP contribution in [0.5, 0.6) is 0 Å². The highest BCUT2D eigenvalue weighted by Crippen LogP contribution is 2.31. The van der Waals surface area contributed by atoms with E-state index in [1.807, 2.05) is 0 Å². The van der Waals surface area contributed by atoms with Crippen LogP contribution in [-0.4, -0.2) is 41.0 Å². The van der Waals surface area contributed by atoms with Gasteiger partial charge in [-0.25, -0.2) is 4.98 Å². The smallest absolute Gasteiger partial charge is 0.223 e. The Labute approximate surface area is 129 Å². The second kappa shape index (κ2) is 5.77. The van der Waals surface area contributed by atoms with Crippen LogP contribution in [0.3, 0.4) is 0 Å². The number of likely N-dealkylation sites (tertiary alicyclic amines) is 1. The van der Waals surface area contributed by atoms with E-state index in [2.05, 4.69) is 47.1 Å². The largest absolute Gasteiger partial charge is 0.368 e. The van der Waals surface area contributed by atoms with Gasteiger partial charge in [0.2, 0.25) is 5.95 Å². The summed E-state index contributed by atoms with van der Waals surface area (Å²) < 4.78 is 0. The number of anilines is 2. The van der Waals surface area contributed by atoms with Crippen LogP contribution in [0.4, 0.5) is 11.8 Å². The highest BCUT2D eigenvalue weighted by atomic mass is 32.1. The Morgan fingerprint density at radius 3 is 3.00 bits per heavy atom. The summed E-state index contributed by atoms with van der Waals surface area (Å²) in [7, 11) is 2.18. The fourth-order valence-electron chi connectivity index (χ4n) is 3.02. The average molecular weight is 305 g/mol. The summed E-state index contributed by atoms with van der Waals surface area (Å²) in [6.07, 6.45) is 2.15. The number of thiophene rings is 1. The first kappa shape index (κ1) is 14.5. The number of aryl methyl sites for hydroxylation is 1. The van der Waals surface area contributed by atoms with Gasteiger partial charge in [0, 0.05) is 17.5 Å². The maximum absolute atomic E-state index is 5.87. The lowest BCUT2D eigenvalue weighted by Gasteiger charge is -2.35. The molecule has 1 aliphatic heterocycles. The fraction of sp³-hybridized carbons (Fsp3) is 0.600. The maximum atomic E-state index is 5.87. The molecule has 0 spiro atoms. The van der Waals surface area contributed by atoms with E-state index in [-0.39, 0.29) is 0 Å². The topological polar surface area (TPSA) is 67.1 Å². The van der Waals surface area contributed by atoms with Crippen LogP contribution in [0.2, 0.25) is 0 Å². The van der Waals surface area contributed by atoms with Crippen LogP contribution >= 0.6 is 11.3 Å². The minimum Gasteiger partial charge on any atom is -0.368 e. The first-order valence-corrected chi connectivity index (χ1v) is 8.39. The highest BCUT2D eigenvalue weighted by Gasteiger charge is 2.25. The summed E-state index contributed by atoms with van der Waals surface area (Å²) in [5.41, 5.74) is 5.87. The first-order valence-electron chi connectivity index (χ1n) is 7.57. The second-order valence-electron chi connectivity index (χ2n) is 5.99. The van der Waals surface area contributed by atoms with Gasteiger partial charge in [-0.3, -0.25) is 0 Å². The Morgan fingerprint density at radius 1 is 1.48 bits per heavy atom. The van der Waals surface area contributed by atoms with E-state index in [9.17, 15) is 0 Å². The molecule has 6 heteroatoms.